The molecule has 0 aliphatic carbocycles. The van der Waals surface area contributed by atoms with E-state index in [1.54, 1.807) is 4.90 Å². The van der Waals surface area contributed by atoms with Gasteiger partial charge in [-0.3, -0.25) is 0 Å². The summed E-state index contributed by atoms with van der Waals surface area (Å²) in [5.41, 5.74) is 5.64. The van der Waals surface area contributed by atoms with Gasteiger partial charge >= 0.3 is 6.03 Å². The maximum Gasteiger partial charge on any atom is 0.317 e. The monoisotopic (exact) mass is 157 g/mol. The van der Waals surface area contributed by atoms with Gasteiger partial charge in [-0.2, -0.15) is 0 Å². The molecule has 1 atom stereocenters. The fourth-order valence-electron chi connectivity index (χ4n) is 1.23. The molecule has 0 aromatic carbocycles. The topological polar surface area (TPSA) is 58.4 Å². The zero-order chi connectivity index (χ0) is 8.27. The summed E-state index contributed by atoms with van der Waals surface area (Å²) in [5, 5.41) is 2.74. The summed E-state index contributed by atoms with van der Waals surface area (Å²) in [7, 11) is 0. The predicted octanol–water partition coefficient (Wildman–Crippen LogP) is -0.251. The van der Waals surface area contributed by atoms with Gasteiger partial charge in [0.15, 0.2) is 0 Å². The third-order valence-electron chi connectivity index (χ3n) is 1.84. The zero-order valence-corrected chi connectivity index (χ0v) is 6.84. The molecule has 1 aliphatic heterocycles. The van der Waals surface area contributed by atoms with Gasteiger partial charge in [0.25, 0.3) is 0 Å². The first-order valence-corrected chi connectivity index (χ1v) is 4.02. The molecule has 1 aliphatic rings. The summed E-state index contributed by atoms with van der Waals surface area (Å²) in [5.74, 6) is 0. The molecule has 0 aromatic heterocycles. The van der Waals surface area contributed by atoms with E-state index in [0.29, 0.717) is 13.1 Å². The van der Waals surface area contributed by atoms with E-state index in [2.05, 4.69) is 5.32 Å². The Morgan fingerprint density at radius 3 is 3.00 bits per heavy atom. The Hall–Kier alpha value is -0.770. The van der Waals surface area contributed by atoms with Gasteiger partial charge in [0.2, 0.25) is 0 Å². The summed E-state index contributed by atoms with van der Waals surface area (Å²) >= 11 is 0. The summed E-state index contributed by atoms with van der Waals surface area (Å²) in [6.07, 6.45) is 0.928. The number of likely N-dealkylation sites (tertiary alicyclic amines) is 1. The van der Waals surface area contributed by atoms with Crippen molar-refractivity contribution < 1.29 is 4.79 Å². The van der Waals surface area contributed by atoms with E-state index in [0.717, 1.165) is 13.0 Å². The van der Waals surface area contributed by atoms with E-state index < -0.39 is 0 Å². The van der Waals surface area contributed by atoms with Gasteiger partial charge in [-0.15, -0.1) is 0 Å². The molecular formula is C7H15N3O. The Bertz CT molecular complexity index is 149. The number of amides is 2. The average Bonchev–Trinajstić information content (AvgIpc) is 2.36. The Kier molecular flexibility index (Phi) is 2.70. The number of nitrogens with two attached hydrogens (primary N) is 1. The molecule has 0 radical (unpaired) electrons. The average molecular weight is 157 g/mol. The maximum atomic E-state index is 11.2. The van der Waals surface area contributed by atoms with Crippen LogP contribution < -0.4 is 11.1 Å². The Morgan fingerprint density at radius 1 is 1.82 bits per heavy atom. The number of carbonyl (C=O) groups is 1. The highest BCUT2D eigenvalue weighted by Gasteiger charge is 2.22. The van der Waals surface area contributed by atoms with Crippen molar-refractivity contribution in [3.8, 4) is 0 Å². The van der Waals surface area contributed by atoms with Crippen molar-refractivity contribution in [3.63, 3.8) is 0 Å². The molecule has 0 bridgehead atoms. The van der Waals surface area contributed by atoms with Gasteiger partial charge in [0, 0.05) is 25.7 Å². The van der Waals surface area contributed by atoms with E-state index in [4.69, 9.17) is 5.73 Å². The lowest BCUT2D eigenvalue weighted by molar-refractivity contribution is 0.209. The molecular weight excluding hydrogens is 142 g/mol. The molecule has 11 heavy (non-hydrogen) atoms. The first-order chi connectivity index (χ1) is 5.24. The maximum absolute atomic E-state index is 11.2. The summed E-state index contributed by atoms with van der Waals surface area (Å²) < 4.78 is 0. The first-order valence-electron chi connectivity index (χ1n) is 4.02. The normalized spacial score (nSPS) is 23.8. The van der Waals surface area contributed by atoms with Gasteiger partial charge in [-0.25, -0.2) is 4.79 Å². The fourth-order valence-corrected chi connectivity index (χ4v) is 1.23. The highest BCUT2D eigenvalue weighted by Crippen LogP contribution is 2.05. The van der Waals surface area contributed by atoms with Crippen molar-refractivity contribution in [2.45, 2.75) is 19.4 Å². The Balaban J connectivity index is 2.31. The van der Waals surface area contributed by atoms with E-state index in [-0.39, 0.29) is 12.1 Å². The third-order valence-corrected chi connectivity index (χ3v) is 1.84. The van der Waals surface area contributed by atoms with Crippen LogP contribution in [0.2, 0.25) is 0 Å². The minimum absolute atomic E-state index is 0.0143. The molecule has 1 saturated heterocycles. The molecule has 0 unspecified atom stereocenters. The van der Waals surface area contributed by atoms with Crippen LogP contribution in [0.5, 0.6) is 0 Å². The van der Waals surface area contributed by atoms with Crippen LogP contribution in [0.15, 0.2) is 0 Å². The molecule has 64 valence electrons. The molecule has 2 amide bonds. The first kappa shape index (κ1) is 8.33. The summed E-state index contributed by atoms with van der Waals surface area (Å²) in [6, 6.07) is 0.193. The van der Waals surface area contributed by atoms with Gasteiger partial charge in [0.1, 0.15) is 0 Å². The van der Waals surface area contributed by atoms with Crippen LogP contribution >= 0.6 is 0 Å². The van der Waals surface area contributed by atoms with Gasteiger partial charge in [-0.05, 0) is 13.3 Å². The Morgan fingerprint density at radius 2 is 2.55 bits per heavy atom. The van der Waals surface area contributed by atoms with Crippen LogP contribution in [0.25, 0.3) is 0 Å². The molecule has 0 aromatic rings. The molecule has 0 saturated carbocycles. The van der Waals surface area contributed by atoms with Crippen molar-refractivity contribution in [3.05, 3.63) is 0 Å². The smallest absolute Gasteiger partial charge is 0.317 e. The van der Waals surface area contributed by atoms with Crippen LogP contribution in [0.3, 0.4) is 0 Å². The lowest BCUT2D eigenvalue weighted by Gasteiger charge is -2.15. The van der Waals surface area contributed by atoms with Gasteiger partial charge in [-0.1, -0.05) is 0 Å². The fraction of sp³-hybridized carbons (Fsp3) is 0.857. The van der Waals surface area contributed by atoms with E-state index >= 15 is 0 Å². The number of hydrogen-bond donors (Lipinski definition) is 2. The van der Waals surface area contributed by atoms with Crippen molar-refractivity contribution in [2.75, 3.05) is 19.6 Å². The third kappa shape index (κ3) is 2.08. The van der Waals surface area contributed by atoms with E-state index in [1.165, 1.54) is 0 Å². The standard InChI is InChI=1S/C7H15N3O/c1-2-9-7(11)10-4-3-6(8)5-10/h6H,2-5,8H2,1H3,(H,9,11)/t6-/m1/s1. The molecule has 4 nitrogen and oxygen atoms in total. The van der Waals surface area contributed by atoms with Crippen LogP contribution in [0, 0.1) is 0 Å². The van der Waals surface area contributed by atoms with Crippen molar-refractivity contribution >= 4 is 6.03 Å². The van der Waals surface area contributed by atoms with Crippen molar-refractivity contribution in [2.24, 2.45) is 5.73 Å². The number of hydrogen-bond acceptors (Lipinski definition) is 2. The minimum Gasteiger partial charge on any atom is -0.338 e. The highest BCUT2D eigenvalue weighted by molar-refractivity contribution is 5.74. The number of rotatable bonds is 1. The quantitative estimate of drug-likeness (QED) is 0.551. The van der Waals surface area contributed by atoms with Gasteiger partial charge < -0.3 is 16.0 Å². The van der Waals surface area contributed by atoms with Crippen LogP contribution in [0.1, 0.15) is 13.3 Å². The molecule has 1 fully saturated rings. The summed E-state index contributed by atoms with van der Waals surface area (Å²) in [4.78, 5) is 12.9. The van der Waals surface area contributed by atoms with Crippen LogP contribution in [-0.4, -0.2) is 36.6 Å². The number of nitrogens with one attached hydrogen (secondary N) is 1. The Labute approximate surface area is 66.7 Å². The number of carbonyl (C=O) groups excluding carboxylic acids is 1. The number of nitrogens with zero attached hydrogens (tertiary/aromatic N) is 1. The number of urea groups is 1. The highest BCUT2D eigenvalue weighted by atomic mass is 16.2. The minimum atomic E-state index is 0.0143. The van der Waals surface area contributed by atoms with Gasteiger partial charge in [0.05, 0.1) is 0 Å². The lowest BCUT2D eigenvalue weighted by atomic mass is 10.3. The SMILES string of the molecule is CCNC(=O)N1CC[C@@H](N)C1. The predicted molar refractivity (Wildman–Crippen MR) is 43.2 cm³/mol. The molecule has 1 rings (SSSR count). The molecule has 1 heterocycles. The van der Waals surface area contributed by atoms with E-state index in [9.17, 15) is 4.79 Å². The summed E-state index contributed by atoms with van der Waals surface area (Å²) in [6.45, 7) is 4.09. The second kappa shape index (κ2) is 3.57. The molecule has 3 N–H and O–H groups in total. The van der Waals surface area contributed by atoms with E-state index in [1.807, 2.05) is 6.92 Å². The van der Waals surface area contributed by atoms with Crippen molar-refractivity contribution in [1.29, 1.82) is 0 Å². The zero-order valence-electron chi connectivity index (χ0n) is 6.84. The van der Waals surface area contributed by atoms with Crippen LogP contribution in [-0.2, 0) is 0 Å². The molecule has 0 spiro atoms. The van der Waals surface area contributed by atoms with Crippen molar-refractivity contribution in [1.82, 2.24) is 10.2 Å². The lowest BCUT2D eigenvalue weighted by Crippen LogP contribution is -2.39. The van der Waals surface area contributed by atoms with Crippen LogP contribution in [0.4, 0.5) is 4.79 Å². The second-order valence-electron chi connectivity index (χ2n) is 2.83. The largest absolute Gasteiger partial charge is 0.338 e. The second-order valence-corrected chi connectivity index (χ2v) is 2.83. The molecule has 4 heteroatoms.